The number of anilines is 1. The van der Waals surface area contributed by atoms with Crippen LogP contribution in [0, 0.1) is 6.92 Å². The van der Waals surface area contributed by atoms with E-state index in [1.54, 1.807) is 10.9 Å². The van der Waals surface area contributed by atoms with Crippen molar-refractivity contribution in [3.05, 3.63) is 66.1 Å². The highest BCUT2D eigenvalue weighted by Gasteiger charge is 2.17. The standard InChI is InChI=1S/C23H25N7O2/c1-17-3-2-4-19(13-17)20-5-7-30(28-20)22-14-21(29-8-11-31-12-9-29)26-23(27-22)32-10-6-18-15-24-25-16-18/h2-5,7,13-16H,6,8-12H2,1H3,(H,24,25). The summed E-state index contributed by atoms with van der Waals surface area (Å²) in [6.07, 6.45) is 6.28. The van der Waals surface area contributed by atoms with Gasteiger partial charge in [-0.05, 0) is 24.6 Å². The molecule has 1 N–H and O–H groups in total. The molecule has 0 spiro atoms. The van der Waals surface area contributed by atoms with Crippen LogP contribution in [0.5, 0.6) is 6.01 Å². The number of hydrogen-bond acceptors (Lipinski definition) is 7. The van der Waals surface area contributed by atoms with Gasteiger partial charge >= 0.3 is 6.01 Å². The van der Waals surface area contributed by atoms with Gasteiger partial charge in [0.05, 0.1) is 31.7 Å². The molecule has 0 amide bonds. The van der Waals surface area contributed by atoms with Gasteiger partial charge < -0.3 is 14.4 Å². The van der Waals surface area contributed by atoms with Gasteiger partial charge in [0.2, 0.25) is 0 Å². The number of H-pyrrole nitrogens is 1. The molecule has 9 heteroatoms. The molecular formula is C23H25N7O2. The molecule has 0 radical (unpaired) electrons. The second-order valence-electron chi connectivity index (χ2n) is 7.69. The van der Waals surface area contributed by atoms with Gasteiger partial charge in [-0.3, -0.25) is 5.10 Å². The van der Waals surface area contributed by atoms with Gasteiger partial charge in [-0.15, -0.1) is 0 Å². The number of morpholine rings is 1. The van der Waals surface area contributed by atoms with Crippen LogP contribution in [0.1, 0.15) is 11.1 Å². The van der Waals surface area contributed by atoms with Crippen molar-refractivity contribution in [2.75, 3.05) is 37.8 Å². The van der Waals surface area contributed by atoms with E-state index in [1.807, 2.05) is 30.6 Å². The van der Waals surface area contributed by atoms with Crippen molar-refractivity contribution in [2.45, 2.75) is 13.3 Å². The largest absolute Gasteiger partial charge is 0.463 e. The number of benzene rings is 1. The van der Waals surface area contributed by atoms with Crippen LogP contribution in [0.2, 0.25) is 0 Å². The Labute approximate surface area is 186 Å². The molecule has 9 nitrogen and oxygen atoms in total. The third-order valence-corrected chi connectivity index (χ3v) is 5.33. The molecule has 0 saturated carbocycles. The third kappa shape index (κ3) is 4.62. The number of ether oxygens (including phenoxy) is 2. The van der Waals surface area contributed by atoms with E-state index in [4.69, 9.17) is 14.6 Å². The van der Waals surface area contributed by atoms with E-state index < -0.39 is 0 Å². The normalized spacial score (nSPS) is 14.0. The summed E-state index contributed by atoms with van der Waals surface area (Å²) < 4.78 is 13.2. The summed E-state index contributed by atoms with van der Waals surface area (Å²) in [4.78, 5) is 11.5. The molecule has 0 atom stereocenters. The van der Waals surface area contributed by atoms with Crippen LogP contribution in [0.25, 0.3) is 17.1 Å². The second-order valence-corrected chi connectivity index (χ2v) is 7.69. The predicted octanol–water partition coefficient (Wildman–Crippen LogP) is 2.82. The van der Waals surface area contributed by atoms with Gasteiger partial charge in [0, 0.05) is 43.5 Å². The number of hydrogen-bond donors (Lipinski definition) is 1. The van der Waals surface area contributed by atoms with Crippen molar-refractivity contribution in [1.82, 2.24) is 29.9 Å². The van der Waals surface area contributed by atoms with Gasteiger partial charge in [-0.25, -0.2) is 4.68 Å². The zero-order valence-corrected chi connectivity index (χ0v) is 17.9. The van der Waals surface area contributed by atoms with Gasteiger partial charge in [-0.2, -0.15) is 20.2 Å². The fraction of sp³-hybridized carbons (Fsp3) is 0.304. The Morgan fingerprint density at radius 3 is 2.78 bits per heavy atom. The molecule has 0 aliphatic carbocycles. The summed E-state index contributed by atoms with van der Waals surface area (Å²) in [6.45, 7) is 5.44. The number of aromatic amines is 1. The number of aryl methyl sites for hydroxylation is 1. The minimum absolute atomic E-state index is 0.333. The Balaban J connectivity index is 1.42. The highest BCUT2D eigenvalue weighted by molar-refractivity contribution is 5.60. The van der Waals surface area contributed by atoms with Crippen molar-refractivity contribution >= 4 is 5.82 Å². The molecule has 0 unspecified atom stereocenters. The van der Waals surface area contributed by atoms with Crippen molar-refractivity contribution in [3.8, 4) is 23.1 Å². The lowest BCUT2D eigenvalue weighted by molar-refractivity contribution is 0.122. The van der Waals surface area contributed by atoms with Gasteiger partial charge in [0.15, 0.2) is 5.82 Å². The molecule has 3 aromatic heterocycles. The second kappa shape index (κ2) is 9.19. The average molecular weight is 432 g/mol. The minimum Gasteiger partial charge on any atom is -0.463 e. The Hall–Kier alpha value is -3.72. The summed E-state index contributed by atoms with van der Waals surface area (Å²) in [6, 6.07) is 12.6. The molecule has 4 heterocycles. The maximum Gasteiger partial charge on any atom is 0.320 e. The maximum absolute atomic E-state index is 5.92. The predicted molar refractivity (Wildman–Crippen MR) is 120 cm³/mol. The van der Waals surface area contributed by atoms with Crippen molar-refractivity contribution in [1.29, 1.82) is 0 Å². The van der Waals surface area contributed by atoms with Gasteiger partial charge in [-0.1, -0.05) is 23.8 Å². The third-order valence-electron chi connectivity index (χ3n) is 5.33. The summed E-state index contributed by atoms with van der Waals surface area (Å²) in [5.41, 5.74) is 4.23. The topological polar surface area (TPSA) is 94.0 Å². The molecule has 4 aromatic rings. The fourth-order valence-electron chi connectivity index (χ4n) is 3.62. The number of nitrogens with zero attached hydrogens (tertiary/aromatic N) is 6. The van der Waals surface area contributed by atoms with Crippen LogP contribution in [0.4, 0.5) is 5.82 Å². The first kappa shape index (κ1) is 20.2. The van der Waals surface area contributed by atoms with E-state index in [1.165, 1.54) is 5.56 Å². The molecule has 1 aromatic carbocycles. The molecule has 164 valence electrons. The van der Waals surface area contributed by atoms with E-state index in [0.717, 1.165) is 42.1 Å². The number of rotatable bonds is 7. The van der Waals surface area contributed by atoms with Crippen LogP contribution >= 0.6 is 0 Å². The van der Waals surface area contributed by atoms with Crippen LogP contribution in [0.3, 0.4) is 0 Å². The molecule has 1 aliphatic heterocycles. The van der Waals surface area contributed by atoms with Gasteiger partial charge in [0.1, 0.15) is 5.82 Å². The molecule has 1 aliphatic rings. The smallest absolute Gasteiger partial charge is 0.320 e. The average Bonchev–Trinajstić information content (AvgIpc) is 3.52. The first-order chi connectivity index (χ1) is 15.7. The molecule has 1 saturated heterocycles. The summed E-state index contributed by atoms with van der Waals surface area (Å²) in [5, 5.41) is 11.5. The van der Waals surface area contributed by atoms with Crippen LogP contribution in [-0.4, -0.2) is 62.9 Å². The summed E-state index contributed by atoms with van der Waals surface area (Å²) in [5.74, 6) is 1.47. The number of nitrogens with one attached hydrogen (secondary N) is 1. The van der Waals surface area contributed by atoms with E-state index >= 15 is 0 Å². The van der Waals surface area contributed by atoms with E-state index in [9.17, 15) is 0 Å². The summed E-state index contributed by atoms with van der Waals surface area (Å²) in [7, 11) is 0. The molecule has 5 rings (SSSR count). The fourth-order valence-corrected chi connectivity index (χ4v) is 3.62. The zero-order valence-electron chi connectivity index (χ0n) is 17.9. The van der Waals surface area contributed by atoms with E-state index in [-0.39, 0.29) is 0 Å². The van der Waals surface area contributed by atoms with Crippen molar-refractivity contribution < 1.29 is 9.47 Å². The zero-order chi connectivity index (χ0) is 21.8. The molecular weight excluding hydrogens is 406 g/mol. The first-order valence-electron chi connectivity index (χ1n) is 10.7. The highest BCUT2D eigenvalue weighted by Crippen LogP contribution is 2.23. The van der Waals surface area contributed by atoms with Crippen LogP contribution < -0.4 is 9.64 Å². The lowest BCUT2D eigenvalue weighted by Crippen LogP contribution is -2.37. The first-order valence-corrected chi connectivity index (χ1v) is 10.7. The Morgan fingerprint density at radius 2 is 1.97 bits per heavy atom. The quantitative estimate of drug-likeness (QED) is 0.481. The Bertz CT molecular complexity index is 1170. The lowest BCUT2D eigenvalue weighted by Gasteiger charge is -2.28. The highest BCUT2D eigenvalue weighted by atomic mass is 16.5. The van der Waals surface area contributed by atoms with Gasteiger partial charge in [0.25, 0.3) is 0 Å². The van der Waals surface area contributed by atoms with Crippen LogP contribution in [0.15, 0.2) is 55.0 Å². The van der Waals surface area contributed by atoms with E-state index in [0.29, 0.717) is 31.6 Å². The Kier molecular flexibility index (Phi) is 5.80. The Morgan fingerprint density at radius 1 is 1.09 bits per heavy atom. The van der Waals surface area contributed by atoms with E-state index in [2.05, 4.69) is 50.2 Å². The monoisotopic (exact) mass is 431 g/mol. The number of aromatic nitrogens is 6. The van der Waals surface area contributed by atoms with Crippen LogP contribution in [-0.2, 0) is 11.2 Å². The van der Waals surface area contributed by atoms with Crippen molar-refractivity contribution in [3.63, 3.8) is 0 Å². The van der Waals surface area contributed by atoms with Crippen molar-refractivity contribution in [2.24, 2.45) is 0 Å². The molecule has 1 fully saturated rings. The maximum atomic E-state index is 5.92. The SMILES string of the molecule is Cc1cccc(-c2ccn(-c3cc(N4CCOCC4)nc(OCCc4cn[nH]c4)n3)n2)c1. The summed E-state index contributed by atoms with van der Waals surface area (Å²) >= 11 is 0. The lowest BCUT2D eigenvalue weighted by atomic mass is 10.1. The molecule has 32 heavy (non-hydrogen) atoms. The minimum atomic E-state index is 0.333. The molecule has 0 bridgehead atoms.